The summed E-state index contributed by atoms with van der Waals surface area (Å²) in [5.41, 5.74) is 6.65. The lowest BCUT2D eigenvalue weighted by atomic mass is 10.0. The highest BCUT2D eigenvalue weighted by Gasteiger charge is 2.36. The Morgan fingerprint density at radius 2 is 1.74 bits per heavy atom. The zero-order valence-corrected chi connectivity index (χ0v) is 10.9. The van der Waals surface area contributed by atoms with Crippen LogP contribution in [0.25, 0.3) is 0 Å². The quantitative estimate of drug-likeness (QED) is 0.895. The molecule has 0 unspecified atom stereocenters. The van der Waals surface area contributed by atoms with Crippen molar-refractivity contribution in [3.8, 4) is 11.5 Å². The van der Waals surface area contributed by atoms with Gasteiger partial charge in [0, 0.05) is 12.0 Å². The molecule has 19 heavy (non-hydrogen) atoms. The van der Waals surface area contributed by atoms with Crippen molar-refractivity contribution < 1.29 is 18.9 Å². The molecule has 1 saturated heterocycles. The van der Waals surface area contributed by atoms with E-state index in [0.29, 0.717) is 39.4 Å². The molecule has 0 spiro atoms. The lowest BCUT2D eigenvalue weighted by molar-refractivity contribution is -0.278. The fraction of sp³-hybridized carbons (Fsp3) is 0.571. The Labute approximate surface area is 112 Å². The number of fused-ring (bicyclic) bond motifs is 1. The van der Waals surface area contributed by atoms with Crippen LogP contribution in [0.3, 0.4) is 0 Å². The van der Waals surface area contributed by atoms with Crippen molar-refractivity contribution in [1.82, 2.24) is 0 Å². The second kappa shape index (κ2) is 5.36. The summed E-state index contributed by atoms with van der Waals surface area (Å²) < 4.78 is 22.9. The molecule has 0 atom stereocenters. The lowest BCUT2D eigenvalue weighted by Crippen LogP contribution is -2.39. The Morgan fingerprint density at radius 3 is 2.47 bits per heavy atom. The van der Waals surface area contributed by atoms with Crippen molar-refractivity contribution in [2.75, 3.05) is 33.0 Å². The largest absolute Gasteiger partial charge is 0.486 e. The summed E-state index contributed by atoms with van der Waals surface area (Å²) in [5, 5.41) is 0. The minimum Gasteiger partial charge on any atom is -0.486 e. The van der Waals surface area contributed by atoms with Gasteiger partial charge in [0.1, 0.15) is 13.2 Å². The molecule has 0 aliphatic carbocycles. The van der Waals surface area contributed by atoms with Crippen molar-refractivity contribution in [3.05, 3.63) is 23.8 Å². The molecule has 0 radical (unpaired) electrons. The van der Waals surface area contributed by atoms with Gasteiger partial charge >= 0.3 is 0 Å². The topological polar surface area (TPSA) is 62.9 Å². The molecule has 2 N–H and O–H groups in total. The number of ether oxygens (including phenoxy) is 4. The van der Waals surface area contributed by atoms with E-state index >= 15 is 0 Å². The molecule has 1 fully saturated rings. The summed E-state index contributed by atoms with van der Waals surface area (Å²) in [7, 11) is 0. The number of hydrogen-bond donors (Lipinski definition) is 1. The fourth-order valence-electron chi connectivity index (χ4n) is 2.50. The maximum Gasteiger partial charge on any atom is 0.196 e. The van der Waals surface area contributed by atoms with Crippen molar-refractivity contribution in [3.63, 3.8) is 0 Å². The predicted molar refractivity (Wildman–Crippen MR) is 69.3 cm³/mol. The summed E-state index contributed by atoms with van der Waals surface area (Å²) in [6.45, 7) is 3.05. The molecular formula is C14H19NO4. The van der Waals surface area contributed by atoms with Crippen LogP contribution in [0, 0.1) is 0 Å². The smallest absolute Gasteiger partial charge is 0.196 e. The van der Waals surface area contributed by atoms with Gasteiger partial charge in [-0.1, -0.05) is 0 Å². The second-order valence-corrected chi connectivity index (χ2v) is 4.70. The fourth-order valence-corrected chi connectivity index (χ4v) is 2.50. The lowest BCUT2D eigenvalue weighted by Gasteiger charge is -2.37. The first-order chi connectivity index (χ1) is 9.34. The van der Waals surface area contributed by atoms with Crippen LogP contribution < -0.4 is 15.2 Å². The van der Waals surface area contributed by atoms with E-state index in [9.17, 15) is 0 Å². The van der Waals surface area contributed by atoms with E-state index < -0.39 is 5.79 Å². The van der Waals surface area contributed by atoms with Gasteiger partial charge in [-0.3, -0.25) is 0 Å². The number of benzene rings is 1. The monoisotopic (exact) mass is 265 g/mol. The third-order valence-corrected chi connectivity index (χ3v) is 3.41. The number of rotatable bonds is 3. The third kappa shape index (κ3) is 2.41. The van der Waals surface area contributed by atoms with Gasteiger partial charge in [0.05, 0.1) is 13.2 Å². The zero-order chi connectivity index (χ0) is 13.1. The Morgan fingerprint density at radius 1 is 1.00 bits per heavy atom. The van der Waals surface area contributed by atoms with Crippen LogP contribution in [0.4, 0.5) is 0 Å². The summed E-state index contributed by atoms with van der Waals surface area (Å²) in [4.78, 5) is 0. The normalized spacial score (nSPS) is 21.1. The second-order valence-electron chi connectivity index (χ2n) is 4.70. The first-order valence-corrected chi connectivity index (χ1v) is 6.72. The number of nitrogens with two attached hydrogens (primary N) is 1. The van der Waals surface area contributed by atoms with Gasteiger partial charge in [-0.15, -0.1) is 0 Å². The summed E-state index contributed by atoms with van der Waals surface area (Å²) >= 11 is 0. The molecule has 0 aromatic heterocycles. The summed E-state index contributed by atoms with van der Waals surface area (Å²) in [5.74, 6) is 0.787. The molecule has 104 valence electrons. The minimum absolute atomic E-state index is 0.508. The minimum atomic E-state index is -0.733. The van der Waals surface area contributed by atoms with Gasteiger partial charge in [-0.05, 0) is 31.2 Å². The molecule has 1 aromatic rings. The van der Waals surface area contributed by atoms with E-state index in [-0.39, 0.29) is 0 Å². The standard InChI is InChI=1S/C14H19NO4/c15-5-4-14(18-6-1-7-19-14)11-2-3-12-13(10-11)17-9-8-16-12/h2-3,10H,1,4-9,15H2. The molecule has 1 aromatic carbocycles. The molecule has 0 saturated carbocycles. The Kier molecular flexibility index (Phi) is 3.59. The van der Waals surface area contributed by atoms with E-state index in [1.165, 1.54) is 0 Å². The molecule has 0 amide bonds. The van der Waals surface area contributed by atoms with E-state index in [1.807, 2.05) is 18.2 Å². The van der Waals surface area contributed by atoms with E-state index in [4.69, 9.17) is 24.7 Å². The first-order valence-electron chi connectivity index (χ1n) is 6.72. The zero-order valence-electron chi connectivity index (χ0n) is 10.9. The van der Waals surface area contributed by atoms with Gasteiger partial charge in [0.2, 0.25) is 0 Å². The van der Waals surface area contributed by atoms with Crippen LogP contribution in [0.15, 0.2) is 18.2 Å². The van der Waals surface area contributed by atoms with Crippen LogP contribution in [0.2, 0.25) is 0 Å². The molecule has 5 nitrogen and oxygen atoms in total. The first kappa shape index (κ1) is 12.7. The van der Waals surface area contributed by atoms with Gasteiger partial charge < -0.3 is 24.7 Å². The van der Waals surface area contributed by atoms with Crippen LogP contribution in [0.1, 0.15) is 18.4 Å². The van der Waals surface area contributed by atoms with Crippen LogP contribution in [-0.4, -0.2) is 33.0 Å². The molecule has 5 heteroatoms. The van der Waals surface area contributed by atoms with Gasteiger partial charge in [0.25, 0.3) is 0 Å². The van der Waals surface area contributed by atoms with Crippen molar-refractivity contribution in [1.29, 1.82) is 0 Å². The highest BCUT2D eigenvalue weighted by Crippen LogP contribution is 2.39. The molecule has 0 bridgehead atoms. The average molecular weight is 265 g/mol. The Hall–Kier alpha value is -1.30. The summed E-state index contributed by atoms with van der Waals surface area (Å²) in [6, 6.07) is 5.81. The van der Waals surface area contributed by atoms with E-state index in [1.54, 1.807) is 0 Å². The molecular weight excluding hydrogens is 246 g/mol. The van der Waals surface area contributed by atoms with Crippen molar-refractivity contribution in [2.45, 2.75) is 18.6 Å². The van der Waals surface area contributed by atoms with Crippen LogP contribution in [0.5, 0.6) is 11.5 Å². The predicted octanol–water partition coefficient (Wildman–Crippen LogP) is 1.40. The Bertz CT molecular complexity index is 438. The van der Waals surface area contributed by atoms with Crippen molar-refractivity contribution in [2.24, 2.45) is 5.73 Å². The summed E-state index contributed by atoms with van der Waals surface area (Å²) in [6.07, 6.45) is 1.55. The van der Waals surface area contributed by atoms with Gasteiger partial charge in [-0.2, -0.15) is 0 Å². The van der Waals surface area contributed by atoms with Gasteiger partial charge in [-0.25, -0.2) is 0 Å². The SMILES string of the molecule is NCCC1(c2ccc3c(c2)OCCO3)OCCCO1. The van der Waals surface area contributed by atoms with Crippen LogP contribution in [-0.2, 0) is 15.3 Å². The Balaban J connectivity index is 1.93. The molecule has 3 rings (SSSR count). The molecule has 2 aliphatic heterocycles. The van der Waals surface area contributed by atoms with Crippen molar-refractivity contribution >= 4 is 0 Å². The third-order valence-electron chi connectivity index (χ3n) is 3.41. The number of hydrogen-bond acceptors (Lipinski definition) is 5. The average Bonchev–Trinajstić information content (AvgIpc) is 2.48. The maximum atomic E-state index is 5.88. The highest BCUT2D eigenvalue weighted by atomic mass is 16.7. The van der Waals surface area contributed by atoms with Crippen LogP contribution >= 0.6 is 0 Å². The van der Waals surface area contributed by atoms with E-state index in [2.05, 4.69) is 0 Å². The highest BCUT2D eigenvalue weighted by molar-refractivity contribution is 5.45. The van der Waals surface area contributed by atoms with Gasteiger partial charge in [0.15, 0.2) is 17.3 Å². The molecule has 2 aliphatic rings. The van der Waals surface area contributed by atoms with E-state index in [0.717, 1.165) is 23.5 Å². The maximum absolute atomic E-state index is 5.88. The molecule has 2 heterocycles.